The number of aliphatic hydroxyl groups excluding tert-OH is 1. The Hall–Kier alpha value is -0.840. The second kappa shape index (κ2) is 5.43. The number of halogens is 2. The van der Waals surface area contributed by atoms with Crippen molar-refractivity contribution in [1.82, 2.24) is 9.88 Å². The highest BCUT2D eigenvalue weighted by molar-refractivity contribution is 6.41. The first-order valence-electron chi connectivity index (χ1n) is 5.77. The Bertz CT molecular complexity index is 465. The molecule has 1 amide bonds. The highest BCUT2D eigenvalue weighted by Gasteiger charge is 2.29. The van der Waals surface area contributed by atoms with Crippen molar-refractivity contribution in [1.29, 1.82) is 0 Å². The summed E-state index contributed by atoms with van der Waals surface area (Å²) in [6.45, 7) is 2.96. The van der Waals surface area contributed by atoms with Gasteiger partial charge in [0.2, 0.25) is 0 Å². The Balaban J connectivity index is 2.10. The molecule has 0 bridgehead atoms. The second-order valence-corrected chi connectivity index (χ2v) is 5.30. The maximum Gasteiger partial charge on any atom is 0.255 e. The summed E-state index contributed by atoms with van der Waals surface area (Å²) in [5.74, 6) is 0.0221. The van der Waals surface area contributed by atoms with Gasteiger partial charge in [0, 0.05) is 25.2 Å². The molecule has 1 aromatic rings. The molecule has 1 aliphatic heterocycles. The lowest BCUT2D eigenvalue weighted by molar-refractivity contribution is 0.0762. The lowest BCUT2D eigenvalue weighted by atomic mass is 10.0. The third-order valence-electron chi connectivity index (χ3n) is 3.24. The number of hydrogen-bond donors (Lipinski definition) is 1. The molecule has 0 saturated carbocycles. The summed E-state index contributed by atoms with van der Waals surface area (Å²) in [5, 5.41) is 9.98. The Morgan fingerprint density at radius 1 is 1.61 bits per heavy atom. The van der Waals surface area contributed by atoms with Crippen LogP contribution in [0, 0.1) is 5.92 Å². The molecule has 1 saturated heterocycles. The predicted octanol–water partition coefficient (Wildman–Crippen LogP) is 2.23. The van der Waals surface area contributed by atoms with Crippen LogP contribution in [0.25, 0.3) is 0 Å². The van der Waals surface area contributed by atoms with Gasteiger partial charge in [-0.25, -0.2) is 4.98 Å². The van der Waals surface area contributed by atoms with E-state index >= 15 is 0 Å². The Morgan fingerprint density at radius 3 is 2.89 bits per heavy atom. The fraction of sp³-hybridized carbons (Fsp3) is 0.500. The smallest absolute Gasteiger partial charge is 0.255 e. The molecule has 2 unspecified atom stereocenters. The van der Waals surface area contributed by atoms with Crippen LogP contribution in [0.5, 0.6) is 0 Å². The van der Waals surface area contributed by atoms with Crippen molar-refractivity contribution in [3.63, 3.8) is 0 Å². The molecular formula is C12H14Cl2N2O2. The summed E-state index contributed by atoms with van der Waals surface area (Å²) in [7, 11) is 0. The average Bonchev–Trinajstić information content (AvgIpc) is 2.81. The van der Waals surface area contributed by atoms with Crippen LogP contribution in [-0.2, 0) is 0 Å². The highest BCUT2D eigenvalue weighted by Crippen LogP contribution is 2.24. The molecule has 0 aromatic carbocycles. The normalized spacial score (nSPS) is 21.1. The number of carbonyl (C=O) groups is 1. The Labute approximate surface area is 116 Å². The minimum Gasteiger partial charge on any atom is -0.393 e. The van der Waals surface area contributed by atoms with E-state index in [-0.39, 0.29) is 22.0 Å². The van der Waals surface area contributed by atoms with Crippen molar-refractivity contribution in [3.05, 3.63) is 28.0 Å². The molecule has 4 nitrogen and oxygen atoms in total. The minimum absolute atomic E-state index is 0.121. The molecule has 2 rings (SSSR count). The van der Waals surface area contributed by atoms with Crippen molar-refractivity contribution in [3.8, 4) is 0 Å². The fourth-order valence-corrected chi connectivity index (χ4v) is 2.36. The van der Waals surface area contributed by atoms with Crippen LogP contribution in [0.3, 0.4) is 0 Å². The van der Waals surface area contributed by atoms with Gasteiger partial charge in [-0.1, -0.05) is 23.2 Å². The van der Waals surface area contributed by atoms with Crippen LogP contribution in [0.2, 0.25) is 10.2 Å². The van der Waals surface area contributed by atoms with E-state index in [1.165, 1.54) is 12.3 Å². The van der Waals surface area contributed by atoms with Gasteiger partial charge >= 0.3 is 0 Å². The number of rotatable bonds is 2. The third-order valence-corrected chi connectivity index (χ3v) is 3.92. The Kier molecular flexibility index (Phi) is 4.10. The number of carbonyl (C=O) groups excluding carboxylic acids is 1. The number of aliphatic hydroxyl groups is 1. The monoisotopic (exact) mass is 288 g/mol. The SMILES string of the molecule is CC(O)C1CCN(C(=O)c2cnc(Cl)c(Cl)c2)C1. The van der Waals surface area contributed by atoms with Crippen molar-refractivity contribution < 1.29 is 9.90 Å². The molecule has 2 atom stereocenters. The molecule has 2 heterocycles. The third kappa shape index (κ3) is 2.76. The number of hydrogen-bond acceptors (Lipinski definition) is 3. The lowest BCUT2D eigenvalue weighted by Gasteiger charge is -2.17. The number of nitrogens with zero attached hydrogens (tertiary/aromatic N) is 2. The number of likely N-dealkylation sites (tertiary alicyclic amines) is 1. The van der Waals surface area contributed by atoms with Gasteiger partial charge in [0.25, 0.3) is 5.91 Å². The van der Waals surface area contributed by atoms with Gasteiger partial charge in [0.1, 0.15) is 5.15 Å². The first kappa shape index (κ1) is 13.6. The van der Waals surface area contributed by atoms with E-state index in [1.807, 2.05) is 0 Å². The minimum atomic E-state index is -0.394. The van der Waals surface area contributed by atoms with Crippen molar-refractivity contribution in [2.24, 2.45) is 5.92 Å². The molecule has 1 aliphatic rings. The van der Waals surface area contributed by atoms with Crippen LogP contribution in [0.1, 0.15) is 23.7 Å². The zero-order chi connectivity index (χ0) is 13.3. The summed E-state index contributed by atoms with van der Waals surface area (Å²) < 4.78 is 0. The van der Waals surface area contributed by atoms with Crippen LogP contribution in [-0.4, -0.2) is 40.1 Å². The van der Waals surface area contributed by atoms with Gasteiger partial charge in [-0.2, -0.15) is 0 Å². The number of amides is 1. The lowest BCUT2D eigenvalue weighted by Crippen LogP contribution is -2.30. The van der Waals surface area contributed by atoms with Gasteiger partial charge in [0.05, 0.1) is 16.7 Å². The molecule has 1 aromatic heterocycles. The quantitative estimate of drug-likeness (QED) is 0.849. The van der Waals surface area contributed by atoms with Gasteiger partial charge in [-0.05, 0) is 19.4 Å². The van der Waals surface area contributed by atoms with E-state index in [1.54, 1.807) is 11.8 Å². The standard InChI is InChI=1S/C12H14Cl2N2O2/c1-7(17)8-2-3-16(6-8)12(18)9-4-10(13)11(14)15-5-9/h4-5,7-8,17H,2-3,6H2,1H3. The van der Waals surface area contributed by atoms with Crippen molar-refractivity contribution >= 4 is 29.1 Å². The van der Waals surface area contributed by atoms with Gasteiger partial charge < -0.3 is 10.0 Å². The van der Waals surface area contributed by atoms with Crippen molar-refractivity contribution in [2.45, 2.75) is 19.4 Å². The summed E-state index contributed by atoms with van der Waals surface area (Å²) in [5.41, 5.74) is 0.427. The molecule has 6 heteroatoms. The van der Waals surface area contributed by atoms with E-state index < -0.39 is 6.10 Å². The molecule has 0 radical (unpaired) electrons. The highest BCUT2D eigenvalue weighted by atomic mass is 35.5. The molecule has 0 spiro atoms. The van der Waals surface area contributed by atoms with Crippen molar-refractivity contribution in [2.75, 3.05) is 13.1 Å². The van der Waals surface area contributed by atoms with Gasteiger partial charge in [-0.15, -0.1) is 0 Å². The van der Waals surface area contributed by atoms with Crippen LogP contribution >= 0.6 is 23.2 Å². The van der Waals surface area contributed by atoms with E-state index in [0.717, 1.165) is 6.42 Å². The van der Waals surface area contributed by atoms with Gasteiger partial charge in [0.15, 0.2) is 0 Å². The van der Waals surface area contributed by atoms with E-state index in [4.69, 9.17) is 23.2 Å². The van der Waals surface area contributed by atoms with Crippen LogP contribution in [0.15, 0.2) is 12.3 Å². The fourth-order valence-electron chi connectivity index (χ4n) is 2.09. The predicted molar refractivity (Wildman–Crippen MR) is 69.9 cm³/mol. The van der Waals surface area contributed by atoms with Crippen LogP contribution in [0.4, 0.5) is 0 Å². The van der Waals surface area contributed by atoms with E-state index in [9.17, 15) is 9.90 Å². The summed E-state index contributed by atoms with van der Waals surface area (Å²) in [6.07, 6.45) is 1.85. The largest absolute Gasteiger partial charge is 0.393 e. The molecule has 0 aliphatic carbocycles. The maximum atomic E-state index is 12.2. The van der Waals surface area contributed by atoms with Crippen LogP contribution < -0.4 is 0 Å². The average molecular weight is 289 g/mol. The summed E-state index contributed by atoms with van der Waals surface area (Å²) >= 11 is 11.5. The zero-order valence-electron chi connectivity index (χ0n) is 9.94. The van der Waals surface area contributed by atoms with Gasteiger partial charge in [-0.3, -0.25) is 4.79 Å². The molecule has 1 fully saturated rings. The first-order valence-corrected chi connectivity index (χ1v) is 6.53. The number of pyridine rings is 1. The Morgan fingerprint density at radius 2 is 2.33 bits per heavy atom. The maximum absolute atomic E-state index is 12.2. The molecule has 1 N–H and O–H groups in total. The molecule has 98 valence electrons. The number of aromatic nitrogens is 1. The van der Waals surface area contributed by atoms with E-state index in [0.29, 0.717) is 18.7 Å². The first-order chi connectivity index (χ1) is 8.49. The summed E-state index contributed by atoms with van der Waals surface area (Å²) in [4.78, 5) is 17.8. The topological polar surface area (TPSA) is 53.4 Å². The molecule has 18 heavy (non-hydrogen) atoms. The van der Waals surface area contributed by atoms with E-state index in [2.05, 4.69) is 4.98 Å². The summed E-state index contributed by atoms with van der Waals surface area (Å²) in [6, 6.07) is 1.52. The second-order valence-electron chi connectivity index (χ2n) is 4.54. The molecular weight excluding hydrogens is 275 g/mol. The zero-order valence-corrected chi connectivity index (χ0v) is 11.4.